The highest BCUT2D eigenvalue weighted by atomic mass is 16.5. The minimum absolute atomic E-state index is 0.0881. The van der Waals surface area contributed by atoms with E-state index in [-0.39, 0.29) is 5.56 Å². The number of hydrogen-bond acceptors (Lipinski definition) is 4. The van der Waals surface area contributed by atoms with Gasteiger partial charge in [0, 0.05) is 38.4 Å². The van der Waals surface area contributed by atoms with Gasteiger partial charge in [-0.15, -0.1) is 0 Å². The van der Waals surface area contributed by atoms with Crippen molar-refractivity contribution < 1.29 is 9.53 Å². The molecule has 2 rings (SSSR count). The number of H-pyrrole nitrogens is 1. The number of aromatic amines is 1. The van der Waals surface area contributed by atoms with Crippen molar-refractivity contribution in [3.05, 3.63) is 62.6 Å². The number of aldehydes is 1. The van der Waals surface area contributed by atoms with Crippen LogP contribution in [0.25, 0.3) is 0 Å². The molecule has 1 aromatic heterocycles. The van der Waals surface area contributed by atoms with Gasteiger partial charge in [-0.2, -0.15) is 0 Å². The molecule has 5 nitrogen and oxygen atoms in total. The largest absolute Gasteiger partial charge is 0.383 e. The average Bonchev–Trinajstić information content (AvgIpc) is 2.60. The van der Waals surface area contributed by atoms with Crippen LogP contribution < -0.4 is 10.5 Å². The first kappa shape index (κ1) is 18.9. The molecule has 0 saturated carbocycles. The lowest BCUT2D eigenvalue weighted by atomic mass is 9.95. The maximum atomic E-state index is 12.7. The first-order chi connectivity index (χ1) is 12.0. The van der Waals surface area contributed by atoms with Crippen molar-refractivity contribution in [2.24, 2.45) is 0 Å². The summed E-state index contributed by atoms with van der Waals surface area (Å²) in [4.78, 5) is 28.6. The second kappa shape index (κ2) is 8.62. The highest BCUT2D eigenvalue weighted by Gasteiger charge is 2.18. The third kappa shape index (κ3) is 4.37. The fourth-order valence-corrected chi connectivity index (χ4v) is 3.20. The number of carbonyl (C=O) groups excluding carboxylic acids is 1. The van der Waals surface area contributed by atoms with Gasteiger partial charge in [0.25, 0.3) is 5.56 Å². The summed E-state index contributed by atoms with van der Waals surface area (Å²) in [6.45, 7) is 5.20. The lowest BCUT2D eigenvalue weighted by Gasteiger charge is -2.24. The van der Waals surface area contributed by atoms with E-state index in [9.17, 15) is 9.59 Å². The molecular weight excluding hydrogens is 316 g/mol. The number of ether oxygens (including phenoxy) is 1. The molecule has 2 aromatic rings. The molecule has 1 heterocycles. The van der Waals surface area contributed by atoms with Crippen LogP contribution in [0.2, 0.25) is 0 Å². The van der Waals surface area contributed by atoms with E-state index in [4.69, 9.17) is 4.74 Å². The second-order valence-corrected chi connectivity index (χ2v) is 6.19. The number of nitrogens with zero attached hydrogens (tertiary/aromatic N) is 1. The van der Waals surface area contributed by atoms with Crippen LogP contribution in [0.4, 0.5) is 5.69 Å². The van der Waals surface area contributed by atoms with Crippen LogP contribution in [-0.4, -0.2) is 38.6 Å². The Kier molecular flexibility index (Phi) is 6.53. The highest BCUT2D eigenvalue weighted by molar-refractivity contribution is 5.75. The van der Waals surface area contributed by atoms with Crippen molar-refractivity contribution in [1.29, 1.82) is 0 Å². The van der Waals surface area contributed by atoms with Crippen LogP contribution in [0.3, 0.4) is 0 Å². The number of hydrogen-bond donors (Lipinski definition) is 1. The molecule has 0 amide bonds. The number of benzene rings is 1. The standard InChI is InChI=1S/C20H26N2O3/c1-5-17-14(2)21-20(24)19(22(3)9-10-25-4)18(17)12-15-7-6-8-16(11-15)13-23/h6-8,11,13H,5,9-10,12H2,1-4H3,(H,21,24). The highest BCUT2D eigenvalue weighted by Crippen LogP contribution is 2.25. The minimum atomic E-state index is -0.0881. The molecule has 0 saturated heterocycles. The molecule has 25 heavy (non-hydrogen) atoms. The number of rotatable bonds is 8. The maximum Gasteiger partial charge on any atom is 0.271 e. The number of pyridine rings is 1. The van der Waals surface area contributed by atoms with E-state index in [1.54, 1.807) is 13.2 Å². The molecule has 0 unspecified atom stereocenters. The van der Waals surface area contributed by atoms with Crippen LogP contribution in [-0.2, 0) is 17.6 Å². The van der Waals surface area contributed by atoms with Crippen LogP contribution in [0.1, 0.15) is 39.7 Å². The molecule has 0 fully saturated rings. The Morgan fingerprint density at radius 1 is 1.28 bits per heavy atom. The first-order valence-corrected chi connectivity index (χ1v) is 8.50. The van der Waals surface area contributed by atoms with Gasteiger partial charge in [-0.05, 0) is 36.1 Å². The van der Waals surface area contributed by atoms with E-state index < -0.39 is 0 Å². The van der Waals surface area contributed by atoms with E-state index in [1.165, 1.54) is 0 Å². The van der Waals surface area contributed by atoms with Gasteiger partial charge in [0.2, 0.25) is 0 Å². The van der Waals surface area contributed by atoms with Gasteiger partial charge in [-0.25, -0.2) is 0 Å². The van der Waals surface area contributed by atoms with Gasteiger partial charge in [-0.3, -0.25) is 9.59 Å². The third-order valence-electron chi connectivity index (χ3n) is 4.45. The molecule has 1 N–H and O–H groups in total. The smallest absolute Gasteiger partial charge is 0.271 e. The summed E-state index contributed by atoms with van der Waals surface area (Å²) in [7, 11) is 3.56. The molecular formula is C20H26N2O3. The molecule has 0 atom stereocenters. The van der Waals surface area contributed by atoms with Gasteiger partial charge in [0.05, 0.1) is 6.61 Å². The van der Waals surface area contributed by atoms with Crippen LogP contribution >= 0.6 is 0 Å². The Labute approximate surface area is 148 Å². The first-order valence-electron chi connectivity index (χ1n) is 8.50. The van der Waals surface area contributed by atoms with Crippen LogP contribution in [0.5, 0.6) is 0 Å². The molecule has 1 aromatic carbocycles. The summed E-state index contributed by atoms with van der Waals surface area (Å²) in [6, 6.07) is 7.52. The molecule has 0 aliphatic rings. The van der Waals surface area contributed by atoms with Crippen molar-refractivity contribution in [2.75, 3.05) is 32.2 Å². The monoisotopic (exact) mass is 342 g/mol. The van der Waals surface area contributed by atoms with Crippen molar-refractivity contribution in [3.63, 3.8) is 0 Å². The normalized spacial score (nSPS) is 10.7. The van der Waals surface area contributed by atoms with Crippen molar-refractivity contribution >= 4 is 12.0 Å². The lowest BCUT2D eigenvalue weighted by molar-refractivity contribution is 0.112. The summed E-state index contributed by atoms with van der Waals surface area (Å²) in [5.74, 6) is 0. The van der Waals surface area contributed by atoms with E-state index in [0.29, 0.717) is 30.8 Å². The number of aryl methyl sites for hydroxylation is 1. The minimum Gasteiger partial charge on any atom is -0.383 e. The Hall–Kier alpha value is -2.40. The predicted molar refractivity (Wildman–Crippen MR) is 101 cm³/mol. The zero-order valence-corrected chi connectivity index (χ0v) is 15.4. The average molecular weight is 342 g/mol. The number of anilines is 1. The lowest BCUT2D eigenvalue weighted by Crippen LogP contribution is -2.31. The third-order valence-corrected chi connectivity index (χ3v) is 4.45. The molecule has 0 aliphatic carbocycles. The van der Waals surface area contributed by atoms with Gasteiger partial charge >= 0.3 is 0 Å². The SMILES string of the molecule is CCc1c(C)[nH]c(=O)c(N(C)CCOC)c1Cc1cccc(C=O)c1. The number of methoxy groups -OCH3 is 1. The molecule has 0 aliphatic heterocycles. The number of nitrogens with one attached hydrogen (secondary N) is 1. The van der Waals surface area contributed by atoms with E-state index in [1.807, 2.05) is 37.1 Å². The van der Waals surface area contributed by atoms with Crippen molar-refractivity contribution in [3.8, 4) is 0 Å². The quantitative estimate of drug-likeness (QED) is 0.749. The zero-order chi connectivity index (χ0) is 18.4. The van der Waals surface area contributed by atoms with Crippen molar-refractivity contribution in [1.82, 2.24) is 4.98 Å². The fraction of sp³-hybridized carbons (Fsp3) is 0.400. The Bertz CT molecular complexity index is 796. The number of likely N-dealkylation sites (N-methyl/N-ethyl adjacent to an activating group) is 1. The zero-order valence-electron chi connectivity index (χ0n) is 15.4. The molecule has 0 bridgehead atoms. The number of carbonyl (C=O) groups is 1. The number of aromatic nitrogens is 1. The molecule has 0 spiro atoms. The molecule has 5 heteroatoms. The predicted octanol–water partition coefficient (Wildman–Crippen LogP) is 2.73. The van der Waals surface area contributed by atoms with E-state index in [0.717, 1.165) is 35.1 Å². The van der Waals surface area contributed by atoms with Crippen LogP contribution in [0, 0.1) is 6.92 Å². The van der Waals surface area contributed by atoms with Gasteiger partial charge in [0.15, 0.2) is 0 Å². The Morgan fingerprint density at radius 2 is 2.04 bits per heavy atom. The molecule has 134 valence electrons. The fourth-order valence-electron chi connectivity index (χ4n) is 3.20. The summed E-state index contributed by atoms with van der Waals surface area (Å²) >= 11 is 0. The van der Waals surface area contributed by atoms with Gasteiger partial charge in [-0.1, -0.05) is 25.1 Å². The summed E-state index contributed by atoms with van der Waals surface area (Å²) in [6.07, 6.45) is 2.29. The summed E-state index contributed by atoms with van der Waals surface area (Å²) < 4.78 is 5.15. The Morgan fingerprint density at radius 3 is 2.68 bits per heavy atom. The second-order valence-electron chi connectivity index (χ2n) is 6.19. The van der Waals surface area contributed by atoms with Crippen LogP contribution in [0.15, 0.2) is 29.1 Å². The van der Waals surface area contributed by atoms with E-state index in [2.05, 4.69) is 11.9 Å². The molecule has 0 radical (unpaired) electrons. The maximum absolute atomic E-state index is 12.7. The Balaban J connectivity index is 2.55. The topological polar surface area (TPSA) is 62.4 Å². The summed E-state index contributed by atoms with van der Waals surface area (Å²) in [5.41, 5.74) is 5.32. The van der Waals surface area contributed by atoms with E-state index >= 15 is 0 Å². The van der Waals surface area contributed by atoms with Gasteiger partial charge in [0.1, 0.15) is 12.0 Å². The van der Waals surface area contributed by atoms with Gasteiger partial charge < -0.3 is 14.6 Å². The van der Waals surface area contributed by atoms with Crippen molar-refractivity contribution in [2.45, 2.75) is 26.7 Å². The summed E-state index contributed by atoms with van der Waals surface area (Å²) in [5, 5.41) is 0.